The molecule has 14 heavy (non-hydrogen) atoms. The summed E-state index contributed by atoms with van der Waals surface area (Å²) in [5.74, 6) is -0.322. The van der Waals surface area contributed by atoms with E-state index >= 15 is 0 Å². The molecule has 0 bridgehead atoms. The molecule has 0 aromatic heterocycles. The molecule has 1 aromatic carbocycles. The first-order valence-corrected chi connectivity index (χ1v) is 5.36. The maximum Gasteiger partial charge on any atom is 0.344 e. The van der Waals surface area contributed by atoms with Crippen molar-refractivity contribution in [2.75, 3.05) is 0 Å². The van der Waals surface area contributed by atoms with Crippen molar-refractivity contribution < 1.29 is 14.6 Å². The number of halogens is 1. The zero-order valence-electron chi connectivity index (χ0n) is 7.74. The van der Waals surface area contributed by atoms with Gasteiger partial charge in [-0.3, -0.25) is 0 Å². The van der Waals surface area contributed by atoms with Crippen LogP contribution in [0.2, 0.25) is 0 Å². The fourth-order valence-electron chi connectivity index (χ4n) is 1.01. The lowest BCUT2D eigenvalue weighted by Crippen LogP contribution is -2.25. The lowest BCUT2D eigenvalue weighted by atomic mass is 10.3. The standard InChI is InChI=1S/C10H11IO3/c1-2-9(10(12)13)14-8-5-3-4-7(11)6-8/h3-6,9H,2H2,1H3,(H,12,13)/t9-/m0/s1. The first-order chi connectivity index (χ1) is 6.63. The molecular formula is C10H11IO3. The lowest BCUT2D eigenvalue weighted by Gasteiger charge is -2.12. The maximum absolute atomic E-state index is 10.7. The molecule has 0 unspecified atom stereocenters. The summed E-state index contributed by atoms with van der Waals surface area (Å²) in [5, 5.41) is 8.78. The van der Waals surface area contributed by atoms with Crippen LogP contribution in [0.4, 0.5) is 0 Å². The topological polar surface area (TPSA) is 46.5 Å². The highest BCUT2D eigenvalue weighted by molar-refractivity contribution is 14.1. The van der Waals surface area contributed by atoms with E-state index in [1.54, 1.807) is 13.0 Å². The summed E-state index contributed by atoms with van der Waals surface area (Å²) in [6, 6.07) is 7.33. The van der Waals surface area contributed by atoms with E-state index in [9.17, 15) is 4.79 Å². The molecule has 1 atom stereocenters. The van der Waals surface area contributed by atoms with Crippen LogP contribution in [0.25, 0.3) is 0 Å². The monoisotopic (exact) mass is 306 g/mol. The van der Waals surface area contributed by atoms with E-state index in [2.05, 4.69) is 22.6 Å². The second-order valence-corrected chi connectivity index (χ2v) is 4.06. The first kappa shape index (κ1) is 11.3. The Morgan fingerprint density at radius 2 is 2.36 bits per heavy atom. The number of ether oxygens (including phenoxy) is 1. The normalized spacial score (nSPS) is 12.1. The van der Waals surface area contributed by atoms with Gasteiger partial charge in [0, 0.05) is 3.57 Å². The third-order valence-corrected chi connectivity index (χ3v) is 2.39. The Hall–Kier alpha value is -0.780. The molecule has 4 heteroatoms. The number of aliphatic carboxylic acids is 1. The molecule has 0 fully saturated rings. The number of hydrogen-bond acceptors (Lipinski definition) is 2. The zero-order valence-corrected chi connectivity index (χ0v) is 9.89. The Morgan fingerprint density at radius 1 is 1.64 bits per heavy atom. The van der Waals surface area contributed by atoms with Crippen LogP contribution in [0, 0.1) is 3.57 Å². The van der Waals surface area contributed by atoms with Gasteiger partial charge in [-0.05, 0) is 47.2 Å². The maximum atomic E-state index is 10.7. The molecule has 1 aromatic rings. The summed E-state index contributed by atoms with van der Waals surface area (Å²) in [5.41, 5.74) is 0. The molecule has 0 aliphatic rings. The van der Waals surface area contributed by atoms with Crippen molar-refractivity contribution in [3.8, 4) is 5.75 Å². The van der Waals surface area contributed by atoms with Crippen molar-refractivity contribution >= 4 is 28.6 Å². The van der Waals surface area contributed by atoms with Gasteiger partial charge in [-0.25, -0.2) is 4.79 Å². The number of carboxylic acid groups (broad SMARTS) is 1. The second kappa shape index (κ2) is 5.19. The van der Waals surface area contributed by atoms with E-state index in [1.165, 1.54) is 0 Å². The van der Waals surface area contributed by atoms with E-state index in [4.69, 9.17) is 9.84 Å². The summed E-state index contributed by atoms with van der Waals surface area (Å²) in [4.78, 5) is 10.7. The quantitative estimate of drug-likeness (QED) is 0.870. The Bertz CT molecular complexity index is 325. The minimum Gasteiger partial charge on any atom is -0.479 e. The number of rotatable bonds is 4. The van der Waals surface area contributed by atoms with E-state index in [0.29, 0.717) is 12.2 Å². The molecular weight excluding hydrogens is 295 g/mol. The third-order valence-electron chi connectivity index (χ3n) is 1.72. The van der Waals surface area contributed by atoms with Crippen molar-refractivity contribution in [3.05, 3.63) is 27.8 Å². The fraction of sp³-hybridized carbons (Fsp3) is 0.300. The SMILES string of the molecule is CC[C@H](Oc1cccc(I)c1)C(=O)O. The summed E-state index contributed by atoms with van der Waals surface area (Å²) >= 11 is 2.15. The molecule has 76 valence electrons. The first-order valence-electron chi connectivity index (χ1n) is 4.28. The predicted molar refractivity (Wildman–Crippen MR) is 61.5 cm³/mol. The van der Waals surface area contributed by atoms with E-state index in [1.807, 2.05) is 18.2 Å². The highest BCUT2D eigenvalue weighted by Crippen LogP contribution is 2.17. The van der Waals surface area contributed by atoms with Crippen molar-refractivity contribution in [1.29, 1.82) is 0 Å². The van der Waals surface area contributed by atoms with E-state index < -0.39 is 12.1 Å². The highest BCUT2D eigenvalue weighted by Gasteiger charge is 2.16. The van der Waals surface area contributed by atoms with E-state index in [-0.39, 0.29) is 0 Å². The molecule has 3 nitrogen and oxygen atoms in total. The van der Waals surface area contributed by atoms with Gasteiger partial charge in [0.05, 0.1) is 0 Å². The van der Waals surface area contributed by atoms with Crippen molar-refractivity contribution in [2.45, 2.75) is 19.4 Å². The van der Waals surface area contributed by atoms with Gasteiger partial charge in [-0.2, -0.15) is 0 Å². The van der Waals surface area contributed by atoms with Gasteiger partial charge in [0.1, 0.15) is 5.75 Å². The van der Waals surface area contributed by atoms with Gasteiger partial charge >= 0.3 is 5.97 Å². The zero-order chi connectivity index (χ0) is 10.6. The van der Waals surface area contributed by atoms with Gasteiger partial charge in [-0.15, -0.1) is 0 Å². The van der Waals surface area contributed by atoms with Crippen LogP contribution in [0.15, 0.2) is 24.3 Å². The second-order valence-electron chi connectivity index (χ2n) is 2.81. The smallest absolute Gasteiger partial charge is 0.344 e. The van der Waals surface area contributed by atoms with Gasteiger partial charge in [0.15, 0.2) is 6.10 Å². The average Bonchev–Trinajstić information content (AvgIpc) is 2.14. The van der Waals surface area contributed by atoms with Gasteiger partial charge in [-0.1, -0.05) is 13.0 Å². The highest BCUT2D eigenvalue weighted by atomic mass is 127. The van der Waals surface area contributed by atoms with Crippen molar-refractivity contribution in [1.82, 2.24) is 0 Å². The molecule has 0 spiro atoms. The molecule has 0 aliphatic heterocycles. The predicted octanol–water partition coefficient (Wildman–Crippen LogP) is 2.53. The molecule has 1 rings (SSSR count). The van der Waals surface area contributed by atoms with Crippen molar-refractivity contribution in [3.63, 3.8) is 0 Å². The Morgan fingerprint density at radius 3 is 2.86 bits per heavy atom. The number of carboxylic acids is 1. The minimum absolute atomic E-state index is 0.459. The van der Waals surface area contributed by atoms with Crippen LogP contribution in [-0.2, 0) is 4.79 Å². The molecule has 0 aliphatic carbocycles. The van der Waals surface area contributed by atoms with Crippen LogP contribution in [-0.4, -0.2) is 17.2 Å². The lowest BCUT2D eigenvalue weighted by molar-refractivity contribution is -0.145. The molecule has 1 N–H and O–H groups in total. The fourth-order valence-corrected chi connectivity index (χ4v) is 1.53. The largest absolute Gasteiger partial charge is 0.479 e. The van der Waals surface area contributed by atoms with Gasteiger partial charge in [0.2, 0.25) is 0 Å². The van der Waals surface area contributed by atoms with Crippen LogP contribution >= 0.6 is 22.6 Å². The van der Waals surface area contributed by atoms with Crippen LogP contribution in [0.1, 0.15) is 13.3 Å². The Balaban J connectivity index is 2.72. The Kier molecular flexibility index (Phi) is 4.19. The molecule has 0 saturated carbocycles. The molecule has 0 radical (unpaired) electrons. The number of benzene rings is 1. The van der Waals surface area contributed by atoms with Gasteiger partial charge in [0.25, 0.3) is 0 Å². The molecule has 0 saturated heterocycles. The van der Waals surface area contributed by atoms with Crippen molar-refractivity contribution in [2.24, 2.45) is 0 Å². The average molecular weight is 306 g/mol. The molecule has 0 heterocycles. The summed E-state index contributed by atoms with van der Waals surface area (Å²) in [6.07, 6.45) is -0.297. The summed E-state index contributed by atoms with van der Waals surface area (Å²) in [6.45, 7) is 1.78. The van der Waals surface area contributed by atoms with Crippen LogP contribution in [0.5, 0.6) is 5.75 Å². The summed E-state index contributed by atoms with van der Waals surface area (Å²) in [7, 11) is 0. The minimum atomic E-state index is -0.925. The summed E-state index contributed by atoms with van der Waals surface area (Å²) < 4.78 is 6.33. The van der Waals surface area contributed by atoms with Gasteiger partial charge < -0.3 is 9.84 Å². The Labute approximate surface area is 96.2 Å². The van der Waals surface area contributed by atoms with Crippen LogP contribution < -0.4 is 4.74 Å². The number of carbonyl (C=O) groups is 1. The molecule has 0 amide bonds. The third kappa shape index (κ3) is 3.17. The number of hydrogen-bond donors (Lipinski definition) is 1. The van der Waals surface area contributed by atoms with Crippen LogP contribution in [0.3, 0.4) is 0 Å². The van der Waals surface area contributed by atoms with E-state index in [0.717, 1.165) is 3.57 Å².